The first kappa shape index (κ1) is 17.7. The Morgan fingerprint density at radius 3 is 2.58 bits per heavy atom. The molecule has 5 nitrogen and oxygen atoms in total. The zero-order valence-corrected chi connectivity index (χ0v) is 13.8. The van der Waals surface area contributed by atoms with Gasteiger partial charge in [-0.15, -0.1) is 0 Å². The second kappa shape index (κ2) is 8.29. The Bertz CT molecular complexity index is 668. The summed E-state index contributed by atoms with van der Waals surface area (Å²) in [7, 11) is 1.72. The number of hydrogen-bond acceptors (Lipinski definition) is 3. The molecule has 0 aliphatic rings. The maximum atomic E-state index is 13.0. The van der Waals surface area contributed by atoms with Gasteiger partial charge in [-0.25, -0.2) is 4.39 Å². The maximum absolute atomic E-state index is 13.0. The average molecular weight is 332 g/mol. The summed E-state index contributed by atoms with van der Waals surface area (Å²) in [6.07, 6.45) is 2.29. The van der Waals surface area contributed by atoms with E-state index < -0.39 is 0 Å². The van der Waals surface area contributed by atoms with Crippen LogP contribution in [0.4, 0.5) is 4.39 Å². The number of rotatable bonds is 7. The summed E-state index contributed by atoms with van der Waals surface area (Å²) in [5.74, 6) is -0.366. The van der Waals surface area contributed by atoms with Crippen LogP contribution in [-0.4, -0.2) is 30.3 Å². The molecule has 0 bridgehead atoms. The molecule has 0 saturated heterocycles. The molecule has 0 fully saturated rings. The predicted octanol–water partition coefficient (Wildman–Crippen LogP) is 3.15. The first-order chi connectivity index (χ1) is 11.5. The first-order valence-corrected chi connectivity index (χ1v) is 7.82. The van der Waals surface area contributed by atoms with Crippen molar-refractivity contribution in [1.29, 1.82) is 0 Å². The van der Waals surface area contributed by atoms with Crippen LogP contribution < -0.4 is 5.32 Å². The minimum Gasteiger partial charge on any atom is -0.459 e. The summed E-state index contributed by atoms with van der Waals surface area (Å²) in [4.78, 5) is 25.5. The molecule has 1 aromatic carbocycles. The van der Waals surface area contributed by atoms with Gasteiger partial charge in [0.2, 0.25) is 5.91 Å². The zero-order chi connectivity index (χ0) is 17.5. The number of hydrogen-bond donors (Lipinski definition) is 1. The van der Waals surface area contributed by atoms with Crippen molar-refractivity contribution in [2.75, 3.05) is 13.6 Å². The predicted molar refractivity (Wildman–Crippen MR) is 87.9 cm³/mol. The van der Waals surface area contributed by atoms with Crippen LogP contribution in [0.15, 0.2) is 47.1 Å². The van der Waals surface area contributed by atoms with Crippen LogP contribution in [0.1, 0.15) is 41.9 Å². The van der Waals surface area contributed by atoms with Gasteiger partial charge in [0.25, 0.3) is 5.91 Å². The third kappa shape index (κ3) is 4.68. The average Bonchev–Trinajstić information content (AvgIpc) is 3.12. The lowest BCUT2D eigenvalue weighted by molar-refractivity contribution is -0.131. The Hall–Kier alpha value is -2.63. The number of benzene rings is 1. The van der Waals surface area contributed by atoms with Gasteiger partial charge in [-0.05, 0) is 43.2 Å². The van der Waals surface area contributed by atoms with Crippen LogP contribution in [0.3, 0.4) is 0 Å². The van der Waals surface area contributed by atoms with Gasteiger partial charge in [-0.3, -0.25) is 9.59 Å². The van der Waals surface area contributed by atoms with Crippen molar-refractivity contribution in [3.8, 4) is 0 Å². The topological polar surface area (TPSA) is 62.6 Å². The molecule has 0 saturated carbocycles. The molecule has 2 amide bonds. The second-order valence-corrected chi connectivity index (χ2v) is 5.57. The summed E-state index contributed by atoms with van der Waals surface area (Å²) in [6.45, 7) is 2.29. The van der Waals surface area contributed by atoms with Gasteiger partial charge in [0, 0.05) is 20.0 Å². The van der Waals surface area contributed by atoms with Gasteiger partial charge in [-0.2, -0.15) is 0 Å². The normalized spacial score (nSPS) is 11.8. The van der Waals surface area contributed by atoms with Gasteiger partial charge in [0.05, 0.1) is 12.3 Å². The lowest BCUT2D eigenvalue weighted by atomic mass is 10.1. The van der Waals surface area contributed by atoms with E-state index in [1.165, 1.54) is 18.4 Å². The number of halogens is 1. The van der Waals surface area contributed by atoms with Crippen LogP contribution in [-0.2, 0) is 4.79 Å². The largest absolute Gasteiger partial charge is 0.459 e. The standard InChI is InChI=1S/C18H21FN2O3/c1-13(14-7-9-15(19)10-8-14)21(2)17(22)6-3-11-20-18(23)16-5-4-12-24-16/h4-5,7-10,12-13H,3,6,11H2,1-2H3,(H,20,23)/t13-/m1/s1. The molecule has 0 unspecified atom stereocenters. The van der Waals surface area contributed by atoms with Gasteiger partial charge in [-0.1, -0.05) is 12.1 Å². The third-order valence-electron chi connectivity index (χ3n) is 3.92. The van der Waals surface area contributed by atoms with E-state index in [4.69, 9.17) is 4.42 Å². The second-order valence-electron chi connectivity index (χ2n) is 5.57. The number of carbonyl (C=O) groups is 2. The lowest BCUT2D eigenvalue weighted by Gasteiger charge is -2.25. The summed E-state index contributed by atoms with van der Waals surface area (Å²) < 4.78 is 17.9. The van der Waals surface area contributed by atoms with Crippen molar-refractivity contribution in [1.82, 2.24) is 10.2 Å². The van der Waals surface area contributed by atoms with E-state index in [2.05, 4.69) is 5.32 Å². The SMILES string of the molecule is C[C@H](c1ccc(F)cc1)N(C)C(=O)CCCNC(=O)c1ccco1. The quantitative estimate of drug-likeness (QED) is 0.792. The van der Waals surface area contributed by atoms with Gasteiger partial charge >= 0.3 is 0 Å². The zero-order valence-electron chi connectivity index (χ0n) is 13.8. The highest BCUT2D eigenvalue weighted by Crippen LogP contribution is 2.19. The van der Waals surface area contributed by atoms with Gasteiger partial charge in [0.1, 0.15) is 5.82 Å². The maximum Gasteiger partial charge on any atom is 0.286 e. The highest BCUT2D eigenvalue weighted by atomic mass is 19.1. The van der Waals surface area contributed by atoms with Gasteiger partial charge in [0.15, 0.2) is 5.76 Å². The van der Waals surface area contributed by atoms with Crippen molar-refractivity contribution in [3.63, 3.8) is 0 Å². The monoisotopic (exact) mass is 332 g/mol. The molecule has 0 radical (unpaired) electrons. The fourth-order valence-corrected chi connectivity index (χ4v) is 2.29. The molecule has 6 heteroatoms. The Morgan fingerprint density at radius 2 is 1.96 bits per heavy atom. The Kier molecular flexibility index (Phi) is 6.12. The minimum absolute atomic E-state index is 0.0286. The molecule has 24 heavy (non-hydrogen) atoms. The molecule has 1 aromatic heterocycles. The number of nitrogens with one attached hydrogen (secondary N) is 1. The van der Waals surface area contributed by atoms with E-state index in [-0.39, 0.29) is 29.4 Å². The number of nitrogens with zero attached hydrogens (tertiary/aromatic N) is 1. The van der Waals surface area contributed by atoms with Crippen LogP contribution in [0.2, 0.25) is 0 Å². The smallest absolute Gasteiger partial charge is 0.286 e. The van der Waals surface area contributed by atoms with Crippen molar-refractivity contribution >= 4 is 11.8 Å². The highest BCUT2D eigenvalue weighted by molar-refractivity contribution is 5.91. The summed E-state index contributed by atoms with van der Waals surface area (Å²) in [5, 5.41) is 2.70. The number of carbonyl (C=O) groups excluding carboxylic acids is 2. The van der Waals surface area contributed by atoms with E-state index in [0.29, 0.717) is 19.4 Å². The van der Waals surface area contributed by atoms with Crippen LogP contribution >= 0.6 is 0 Å². The van der Waals surface area contributed by atoms with E-state index in [1.54, 1.807) is 36.2 Å². The first-order valence-electron chi connectivity index (χ1n) is 7.82. The van der Waals surface area contributed by atoms with Crippen molar-refractivity contribution < 1.29 is 18.4 Å². The highest BCUT2D eigenvalue weighted by Gasteiger charge is 2.17. The molecular formula is C18H21FN2O3. The fourth-order valence-electron chi connectivity index (χ4n) is 2.29. The molecule has 0 spiro atoms. The van der Waals surface area contributed by atoms with Crippen LogP contribution in [0, 0.1) is 5.82 Å². The molecule has 1 atom stereocenters. The molecular weight excluding hydrogens is 311 g/mol. The minimum atomic E-state index is -0.299. The van der Waals surface area contributed by atoms with E-state index in [0.717, 1.165) is 5.56 Å². The van der Waals surface area contributed by atoms with Crippen molar-refractivity contribution in [3.05, 3.63) is 59.8 Å². The van der Waals surface area contributed by atoms with Gasteiger partial charge < -0.3 is 14.6 Å². The molecule has 2 rings (SSSR count). The molecule has 1 N–H and O–H groups in total. The number of amides is 2. The number of furan rings is 1. The van der Waals surface area contributed by atoms with Crippen LogP contribution in [0.5, 0.6) is 0 Å². The van der Waals surface area contributed by atoms with E-state index >= 15 is 0 Å². The molecule has 1 heterocycles. The summed E-state index contributed by atoms with van der Waals surface area (Å²) in [5.41, 5.74) is 0.873. The summed E-state index contributed by atoms with van der Waals surface area (Å²) in [6, 6.07) is 9.20. The Morgan fingerprint density at radius 1 is 1.25 bits per heavy atom. The summed E-state index contributed by atoms with van der Waals surface area (Å²) >= 11 is 0. The molecule has 0 aliphatic heterocycles. The Balaban J connectivity index is 1.75. The van der Waals surface area contributed by atoms with Crippen LogP contribution in [0.25, 0.3) is 0 Å². The van der Waals surface area contributed by atoms with E-state index in [9.17, 15) is 14.0 Å². The molecule has 2 aromatic rings. The molecule has 128 valence electrons. The van der Waals surface area contributed by atoms with Crippen molar-refractivity contribution in [2.45, 2.75) is 25.8 Å². The Labute approximate surface area is 140 Å². The molecule has 0 aliphatic carbocycles. The lowest BCUT2D eigenvalue weighted by Crippen LogP contribution is -2.31. The van der Waals surface area contributed by atoms with E-state index in [1.807, 2.05) is 6.92 Å². The van der Waals surface area contributed by atoms with Crippen molar-refractivity contribution in [2.24, 2.45) is 0 Å². The third-order valence-corrected chi connectivity index (χ3v) is 3.92. The fraction of sp³-hybridized carbons (Fsp3) is 0.333.